The molecule has 0 spiro atoms. The fraction of sp³-hybridized carbons (Fsp3) is 0.385. The van der Waals surface area contributed by atoms with Crippen molar-refractivity contribution in [2.24, 2.45) is 5.10 Å². The number of hydrogen-bond donors (Lipinski definition) is 2. The summed E-state index contributed by atoms with van der Waals surface area (Å²) in [6.45, 7) is 4.65. The van der Waals surface area contributed by atoms with Crippen molar-refractivity contribution < 1.29 is 9.90 Å². The lowest BCUT2D eigenvalue weighted by Gasteiger charge is -2.07. The van der Waals surface area contributed by atoms with Crippen molar-refractivity contribution in [2.45, 2.75) is 19.8 Å². The van der Waals surface area contributed by atoms with E-state index in [4.69, 9.17) is 5.11 Å². The van der Waals surface area contributed by atoms with E-state index in [1.54, 1.807) is 0 Å². The molecule has 1 aromatic rings. The number of nitrogens with zero attached hydrogens (tertiary/aromatic N) is 2. The molecule has 0 atom stereocenters. The van der Waals surface area contributed by atoms with Crippen molar-refractivity contribution in [2.75, 3.05) is 13.2 Å². The van der Waals surface area contributed by atoms with Gasteiger partial charge in [0.15, 0.2) is 5.84 Å². The largest absolute Gasteiger partial charge is 0.480 e. The minimum absolute atomic E-state index is 0.0828. The number of carboxylic acids is 1. The molecule has 0 aromatic heterocycles. The fourth-order valence-electron chi connectivity index (χ4n) is 1.81. The van der Waals surface area contributed by atoms with Gasteiger partial charge in [-0.05, 0) is 11.5 Å². The Bertz CT molecular complexity index is 466. The highest BCUT2D eigenvalue weighted by Crippen LogP contribution is 2.15. The van der Waals surface area contributed by atoms with Gasteiger partial charge in [-0.2, -0.15) is 5.10 Å². The third-order valence-corrected chi connectivity index (χ3v) is 2.84. The zero-order chi connectivity index (χ0) is 13.1. The zero-order valence-corrected chi connectivity index (χ0v) is 10.6. The number of nitrogens with one attached hydrogen (secondary N) is 1. The second kappa shape index (κ2) is 5.08. The number of aliphatic carboxylic acids is 1. The van der Waals surface area contributed by atoms with Gasteiger partial charge in [-0.15, -0.1) is 0 Å². The lowest BCUT2D eigenvalue weighted by atomic mass is 10.0. The molecule has 0 fully saturated rings. The van der Waals surface area contributed by atoms with Crippen LogP contribution in [0.25, 0.3) is 0 Å². The van der Waals surface area contributed by atoms with E-state index in [1.807, 2.05) is 12.1 Å². The molecule has 96 valence electrons. The number of hydrazone groups is 1. The molecule has 0 saturated carbocycles. The first-order valence-electron chi connectivity index (χ1n) is 5.96. The van der Waals surface area contributed by atoms with E-state index in [0.29, 0.717) is 12.6 Å². The van der Waals surface area contributed by atoms with Crippen LogP contribution in [0.2, 0.25) is 0 Å². The first-order chi connectivity index (χ1) is 8.56. The Balaban J connectivity index is 2.10. The third-order valence-electron chi connectivity index (χ3n) is 2.84. The van der Waals surface area contributed by atoms with Gasteiger partial charge in [-0.1, -0.05) is 38.1 Å². The van der Waals surface area contributed by atoms with Gasteiger partial charge in [0.1, 0.15) is 13.2 Å². The summed E-state index contributed by atoms with van der Waals surface area (Å²) in [7, 11) is 0. The van der Waals surface area contributed by atoms with E-state index < -0.39 is 5.97 Å². The van der Waals surface area contributed by atoms with Crippen LogP contribution in [0.1, 0.15) is 30.9 Å². The van der Waals surface area contributed by atoms with Crippen molar-refractivity contribution in [3.63, 3.8) is 0 Å². The first-order valence-corrected chi connectivity index (χ1v) is 5.96. The number of rotatable bonds is 4. The van der Waals surface area contributed by atoms with Gasteiger partial charge >= 0.3 is 5.97 Å². The summed E-state index contributed by atoms with van der Waals surface area (Å²) in [5, 5.41) is 17.5. The van der Waals surface area contributed by atoms with Gasteiger partial charge < -0.3 is 10.4 Å². The predicted molar refractivity (Wildman–Crippen MR) is 69.4 cm³/mol. The highest BCUT2D eigenvalue weighted by atomic mass is 16.4. The van der Waals surface area contributed by atoms with Crippen LogP contribution in [0.4, 0.5) is 0 Å². The SMILES string of the molecule is CC(C)c1ccc(C2=NN(CC(=O)O)CN2)cc1. The Labute approximate surface area is 106 Å². The Morgan fingerprint density at radius 2 is 2.11 bits per heavy atom. The van der Waals surface area contributed by atoms with Crippen LogP contribution >= 0.6 is 0 Å². The molecular formula is C13H17N3O2. The summed E-state index contributed by atoms with van der Waals surface area (Å²) < 4.78 is 0. The van der Waals surface area contributed by atoms with Gasteiger partial charge in [0, 0.05) is 5.56 Å². The molecule has 0 amide bonds. The Kier molecular flexibility index (Phi) is 3.50. The summed E-state index contributed by atoms with van der Waals surface area (Å²) in [5.74, 6) is 0.351. The fourth-order valence-corrected chi connectivity index (χ4v) is 1.81. The second-order valence-electron chi connectivity index (χ2n) is 4.62. The standard InChI is InChI=1S/C13H17N3O2/c1-9(2)10-3-5-11(6-4-10)13-14-8-16(15-13)7-12(17)18/h3-6,9H,7-8H2,1-2H3,(H,14,15)(H,17,18). The normalized spacial score (nSPS) is 14.6. The predicted octanol–water partition coefficient (Wildman–Crippen LogP) is 1.42. The van der Waals surface area contributed by atoms with E-state index >= 15 is 0 Å². The molecule has 1 aromatic carbocycles. The molecule has 0 bridgehead atoms. The molecule has 5 nitrogen and oxygen atoms in total. The van der Waals surface area contributed by atoms with Crippen molar-refractivity contribution in [1.82, 2.24) is 10.3 Å². The van der Waals surface area contributed by atoms with E-state index in [9.17, 15) is 4.79 Å². The van der Waals surface area contributed by atoms with Crippen LogP contribution in [0, 0.1) is 0 Å². The van der Waals surface area contributed by atoms with Crippen LogP contribution in [0.3, 0.4) is 0 Å². The van der Waals surface area contributed by atoms with E-state index in [0.717, 1.165) is 11.4 Å². The second-order valence-corrected chi connectivity index (χ2v) is 4.62. The molecule has 1 aliphatic heterocycles. The topological polar surface area (TPSA) is 64.9 Å². The summed E-state index contributed by atoms with van der Waals surface area (Å²) in [6, 6.07) is 8.16. The minimum atomic E-state index is -0.878. The van der Waals surface area contributed by atoms with Gasteiger partial charge in [-0.3, -0.25) is 9.80 Å². The number of carbonyl (C=O) groups is 1. The molecule has 1 heterocycles. The molecule has 0 saturated heterocycles. The molecule has 0 unspecified atom stereocenters. The van der Waals surface area contributed by atoms with Gasteiger partial charge in [-0.25, -0.2) is 0 Å². The van der Waals surface area contributed by atoms with Crippen LogP contribution in [-0.4, -0.2) is 35.1 Å². The molecule has 2 N–H and O–H groups in total. The smallest absolute Gasteiger partial charge is 0.324 e. The lowest BCUT2D eigenvalue weighted by molar-refractivity contribution is -0.138. The van der Waals surface area contributed by atoms with Crippen LogP contribution in [-0.2, 0) is 4.79 Å². The first kappa shape index (κ1) is 12.4. The quantitative estimate of drug-likeness (QED) is 0.844. The van der Waals surface area contributed by atoms with Crippen LogP contribution in [0.5, 0.6) is 0 Å². The maximum absolute atomic E-state index is 10.6. The number of carboxylic acid groups (broad SMARTS) is 1. The Morgan fingerprint density at radius 1 is 1.44 bits per heavy atom. The van der Waals surface area contributed by atoms with Gasteiger partial charge in [0.05, 0.1) is 0 Å². The minimum Gasteiger partial charge on any atom is -0.480 e. The van der Waals surface area contributed by atoms with Gasteiger partial charge in [0.25, 0.3) is 0 Å². The van der Waals surface area contributed by atoms with Crippen molar-refractivity contribution >= 4 is 11.8 Å². The maximum Gasteiger partial charge on any atom is 0.324 e. The van der Waals surface area contributed by atoms with E-state index in [1.165, 1.54) is 10.6 Å². The van der Waals surface area contributed by atoms with Gasteiger partial charge in [0.2, 0.25) is 0 Å². The summed E-state index contributed by atoms with van der Waals surface area (Å²) in [6.07, 6.45) is 0. The molecule has 2 rings (SSSR count). The molecule has 0 aliphatic carbocycles. The Hall–Kier alpha value is -2.04. The molecule has 5 heteroatoms. The average molecular weight is 247 g/mol. The Morgan fingerprint density at radius 3 is 2.67 bits per heavy atom. The average Bonchev–Trinajstić information content (AvgIpc) is 2.76. The number of hydrogen-bond acceptors (Lipinski definition) is 4. The van der Waals surface area contributed by atoms with Crippen LogP contribution in [0.15, 0.2) is 29.4 Å². The maximum atomic E-state index is 10.6. The van der Waals surface area contributed by atoms with E-state index in [-0.39, 0.29) is 6.54 Å². The van der Waals surface area contributed by atoms with Crippen molar-refractivity contribution in [3.05, 3.63) is 35.4 Å². The van der Waals surface area contributed by atoms with Crippen LogP contribution < -0.4 is 5.32 Å². The molecule has 1 aliphatic rings. The monoisotopic (exact) mass is 247 g/mol. The summed E-state index contributed by atoms with van der Waals surface area (Å²) >= 11 is 0. The highest BCUT2D eigenvalue weighted by molar-refractivity contribution is 5.99. The molecule has 18 heavy (non-hydrogen) atoms. The van der Waals surface area contributed by atoms with Crippen molar-refractivity contribution in [1.29, 1.82) is 0 Å². The highest BCUT2D eigenvalue weighted by Gasteiger charge is 2.16. The van der Waals surface area contributed by atoms with E-state index in [2.05, 4.69) is 36.4 Å². The third kappa shape index (κ3) is 2.80. The lowest BCUT2D eigenvalue weighted by Crippen LogP contribution is -2.28. The summed E-state index contributed by atoms with van der Waals surface area (Å²) in [4.78, 5) is 10.6. The van der Waals surface area contributed by atoms with Crippen molar-refractivity contribution in [3.8, 4) is 0 Å². The zero-order valence-electron chi connectivity index (χ0n) is 10.6. The number of amidine groups is 1. The number of benzene rings is 1. The summed E-state index contributed by atoms with van der Waals surface area (Å²) in [5.41, 5.74) is 2.26. The molecule has 0 radical (unpaired) electrons. The molecular weight excluding hydrogens is 230 g/mol.